The highest BCUT2D eigenvalue weighted by Gasteiger charge is 2.07. The molecule has 0 aliphatic rings. The van der Waals surface area contributed by atoms with Crippen molar-refractivity contribution in [3.63, 3.8) is 0 Å². The van der Waals surface area contributed by atoms with Gasteiger partial charge in [-0.25, -0.2) is 4.98 Å². The molecule has 0 spiro atoms. The topological polar surface area (TPSA) is 52.5 Å². The van der Waals surface area contributed by atoms with Crippen molar-refractivity contribution in [3.05, 3.63) is 59.9 Å². The highest BCUT2D eigenvalue weighted by Crippen LogP contribution is 2.11. The molecule has 2 rings (SSSR count). The largest absolute Gasteiger partial charge is 0.497 e. The average molecular weight is 243 g/mol. The fourth-order valence-corrected chi connectivity index (χ4v) is 1.56. The monoisotopic (exact) mass is 243 g/mol. The number of nitrogens with one attached hydrogen (secondary N) is 2. The Labute approximate surface area is 106 Å². The first kappa shape index (κ1) is 12.1. The Bertz CT molecular complexity index is 509. The van der Waals surface area contributed by atoms with Crippen molar-refractivity contribution in [2.75, 3.05) is 7.11 Å². The molecule has 0 saturated heterocycles. The molecule has 1 aromatic carbocycles. The molecule has 4 nitrogen and oxygen atoms in total. The molecule has 1 heterocycles. The minimum absolute atomic E-state index is 0.102. The van der Waals surface area contributed by atoms with E-state index in [0.717, 1.165) is 11.4 Å². The molecule has 0 aliphatic heterocycles. The van der Waals surface area contributed by atoms with Crippen molar-refractivity contribution in [3.8, 4) is 5.75 Å². The molecule has 0 fully saturated rings. The van der Waals surface area contributed by atoms with Gasteiger partial charge >= 0.3 is 0 Å². The van der Waals surface area contributed by atoms with Crippen LogP contribution in [-0.2, 0) is 6.54 Å². The lowest BCUT2D eigenvalue weighted by Gasteiger charge is -2.04. The van der Waals surface area contributed by atoms with Crippen molar-refractivity contribution < 1.29 is 14.5 Å². The van der Waals surface area contributed by atoms with Gasteiger partial charge in [-0.05, 0) is 24.3 Å². The summed E-state index contributed by atoms with van der Waals surface area (Å²) >= 11 is 0. The van der Waals surface area contributed by atoms with Crippen molar-refractivity contribution in [1.29, 1.82) is 0 Å². The Balaban J connectivity index is 1.95. The van der Waals surface area contributed by atoms with Gasteiger partial charge in [-0.2, -0.15) is 0 Å². The van der Waals surface area contributed by atoms with E-state index in [1.807, 2.05) is 24.4 Å². The minimum Gasteiger partial charge on any atom is -0.497 e. The molecule has 4 heteroatoms. The third kappa shape index (κ3) is 3.07. The number of carbonyl (C=O) groups excluding carboxylic acids is 1. The molecule has 0 bridgehead atoms. The van der Waals surface area contributed by atoms with E-state index in [-0.39, 0.29) is 5.91 Å². The van der Waals surface area contributed by atoms with Gasteiger partial charge in [-0.3, -0.25) is 4.79 Å². The molecule has 92 valence electrons. The standard InChI is InChI=1S/C14H14N2O2/c1-18-13-7-5-11(6-8-13)14(17)16-10-12-4-2-3-9-15-12/h2-9H,10H2,1H3,(H,16,17)/p+1. The van der Waals surface area contributed by atoms with Gasteiger partial charge in [0.15, 0.2) is 11.9 Å². The van der Waals surface area contributed by atoms with Crippen LogP contribution in [0.5, 0.6) is 5.75 Å². The van der Waals surface area contributed by atoms with Gasteiger partial charge in [-0.15, -0.1) is 0 Å². The SMILES string of the molecule is COc1ccc(C(=O)NCc2cccc[nH+]2)cc1. The highest BCUT2D eigenvalue weighted by atomic mass is 16.5. The number of carbonyl (C=O) groups is 1. The second-order valence-corrected chi connectivity index (χ2v) is 3.80. The zero-order valence-electron chi connectivity index (χ0n) is 10.1. The zero-order valence-corrected chi connectivity index (χ0v) is 10.1. The number of rotatable bonds is 4. The van der Waals surface area contributed by atoms with Crippen LogP contribution in [0.2, 0.25) is 0 Å². The van der Waals surface area contributed by atoms with E-state index < -0.39 is 0 Å². The Morgan fingerprint density at radius 1 is 1.22 bits per heavy atom. The number of hydrogen-bond acceptors (Lipinski definition) is 2. The number of amides is 1. The molecule has 0 atom stereocenters. The number of ether oxygens (including phenoxy) is 1. The van der Waals surface area contributed by atoms with Crippen LogP contribution in [-0.4, -0.2) is 13.0 Å². The van der Waals surface area contributed by atoms with E-state index in [2.05, 4.69) is 10.3 Å². The summed E-state index contributed by atoms with van der Waals surface area (Å²) in [6, 6.07) is 12.8. The predicted molar refractivity (Wildman–Crippen MR) is 67.2 cm³/mol. The van der Waals surface area contributed by atoms with Crippen LogP contribution >= 0.6 is 0 Å². The van der Waals surface area contributed by atoms with Gasteiger partial charge in [0, 0.05) is 17.7 Å². The molecule has 0 radical (unpaired) electrons. The summed E-state index contributed by atoms with van der Waals surface area (Å²) in [6.07, 6.45) is 1.83. The molecule has 0 aliphatic carbocycles. The van der Waals surface area contributed by atoms with Crippen LogP contribution in [0.4, 0.5) is 0 Å². The van der Waals surface area contributed by atoms with E-state index in [1.165, 1.54) is 0 Å². The molecular weight excluding hydrogens is 228 g/mol. The number of aromatic amines is 1. The number of pyridine rings is 1. The van der Waals surface area contributed by atoms with Crippen LogP contribution in [0, 0.1) is 0 Å². The van der Waals surface area contributed by atoms with Crippen molar-refractivity contribution in [2.45, 2.75) is 6.54 Å². The molecule has 0 unspecified atom stereocenters. The van der Waals surface area contributed by atoms with Crippen LogP contribution in [0.1, 0.15) is 16.1 Å². The first-order valence-electron chi connectivity index (χ1n) is 5.67. The summed E-state index contributed by atoms with van der Waals surface area (Å²) in [5.74, 6) is 0.637. The fourth-order valence-electron chi connectivity index (χ4n) is 1.56. The minimum atomic E-state index is -0.102. The maximum atomic E-state index is 11.9. The van der Waals surface area contributed by atoms with Gasteiger partial charge in [-0.1, -0.05) is 6.07 Å². The summed E-state index contributed by atoms with van der Waals surface area (Å²) in [4.78, 5) is 14.9. The van der Waals surface area contributed by atoms with E-state index in [1.54, 1.807) is 31.4 Å². The van der Waals surface area contributed by atoms with Gasteiger partial charge in [0.1, 0.15) is 12.3 Å². The molecule has 2 N–H and O–H groups in total. The fraction of sp³-hybridized carbons (Fsp3) is 0.143. The second-order valence-electron chi connectivity index (χ2n) is 3.80. The van der Waals surface area contributed by atoms with Crippen molar-refractivity contribution >= 4 is 5.91 Å². The number of hydrogen-bond donors (Lipinski definition) is 1. The normalized spacial score (nSPS) is 9.83. The summed E-state index contributed by atoms with van der Waals surface area (Å²) in [7, 11) is 1.60. The van der Waals surface area contributed by atoms with E-state index in [4.69, 9.17) is 4.74 Å². The first-order valence-corrected chi connectivity index (χ1v) is 5.67. The quantitative estimate of drug-likeness (QED) is 0.883. The average Bonchev–Trinajstić information content (AvgIpc) is 2.46. The lowest BCUT2D eigenvalue weighted by atomic mass is 10.2. The highest BCUT2D eigenvalue weighted by molar-refractivity contribution is 5.94. The molecule has 1 amide bonds. The van der Waals surface area contributed by atoms with Crippen molar-refractivity contribution in [2.24, 2.45) is 0 Å². The third-order valence-electron chi connectivity index (χ3n) is 2.57. The van der Waals surface area contributed by atoms with Crippen molar-refractivity contribution in [1.82, 2.24) is 5.32 Å². The second kappa shape index (κ2) is 5.82. The molecule has 18 heavy (non-hydrogen) atoms. The Hall–Kier alpha value is -2.36. The summed E-state index contributed by atoms with van der Waals surface area (Å²) in [5.41, 5.74) is 1.58. The molecule has 1 aromatic heterocycles. The Morgan fingerprint density at radius 2 is 2.00 bits per heavy atom. The summed E-state index contributed by atoms with van der Waals surface area (Å²) < 4.78 is 5.04. The summed E-state index contributed by atoms with van der Waals surface area (Å²) in [6.45, 7) is 0.478. The lowest BCUT2D eigenvalue weighted by Crippen LogP contribution is -2.26. The number of H-pyrrole nitrogens is 1. The zero-order chi connectivity index (χ0) is 12.8. The van der Waals surface area contributed by atoms with E-state index in [0.29, 0.717) is 12.1 Å². The van der Waals surface area contributed by atoms with E-state index in [9.17, 15) is 4.79 Å². The Morgan fingerprint density at radius 3 is 2.61 bits per heavy atom. The van der Waals surface area contributed by atoms with Crippen LogP contribution < -0.4 is 15.0 Å². The maximum Gasteiger partial charge on any atom is 0.251 e. The predicted octanol–water partition coefficient (Wildman–Crippen LogP) is 1.44. The van der Waals surface area contributed by atoms with Crippen LogP contribution in [0.25, 0.3) is 0 Å². The molecule has 2 aromatic rings. The Kier molecular flexibility index (Phi) is 3.91. The van der Waals surface area contributed by atoms with Crippen LogP contribution in [0.3, 0.4) is 0 Å². The van der Waals surface area contributed by atoms with Gasteiger partial charge in [0.2, 0.25) is 0 Å². The van der Waals surface area contributed by atoms with E-state index >= 15 is 0 Å². The van der Waals surface area contributed by atoms with Crippen LogP contribution in [0.15, 0.2) is 48.7 Å². The lowest BCUT2D eigenvalue weighted by molar-refractivity contribution is -0.390. The van der Waals surface area contributed by atoms with Gasteiger partial charge in [0.05, 0.1) is 7.11 Å². The number of methoxy groups -OCH3 is 1. The smallest absolute Gasteiger partial charge is 0.251 e. The number of aromatic nitrogens is 1. The third-order valence-corrected chi connectivity index (χ3v) is 2.57. The molecular formula is C14H15N2O2+. The molecule has 0 saturated carbocycles. The van der Waals surface area contributed by atoms with Gasteiger partial charge in [0.25, 0.3) is 5.91 Å². The summed E-state index contributed by atoms with van der Waals surface area (Å²) in [5, 5.41) is 2.84. The van der Waals surface area contributed by atoms with Gasteiger partial charge < -0.3 is 10.1 Å². The maximum absolute atomic E-state index is 11.9. The number of benzene rings is 1. The first-order chi connectivity index (χ1) is 8.79.